The van der Waals surface area contributed by atoms with Crippen LogP contribution in [-0.4, -0.2) is 4.37 Å². The van der Waals surface area contributed by atoms with Crippen LogP contribution in [0.15, 0.2) is 24.3 Å². The molecular weight excluding hydrogens is 218 g/mol. The highest BCUT2D eigenvalue weighted by Gasteiger charge is 2.22. The van der Waals surface area contributed by atoms with Crippen LogP contribution in [0, 0.1) is 6.92 Å². The molecule has 16 heavy (non-hydrogen) atoms. The first kappa shape index (κ1) is 9.66. The van der Waals surface area contributed by atoms with Gasteiger partial charge in [0.2, 0.25) is 0 Å². The molecule has 0 atom stereocenters. The zero-order chi connectivity index (χ0) is 11.1. The number of anilines is 2. The second-order valence-corrected chi connectivity index (χ2v) is 4.87. The number of aromatic nitrogens is 1. The van der Waals surface area contributed by atoms with Gasteiger partial charge < -0.3 is 10.6 Å². The molecule has 1 aliphatic heterocycles. The van der Waals surface area contributed by atoms with Crippen molar-refractivity contribution in [3.63, 3.8) is 0 Å². The van der Waals surface area contributed by atoms with Gasteiger partial charge in [0, 0.05) is 18.7 Å². The van der Waals surface area contributed by atoms with Gasteiger partial charge in [-0.3, -0.25) is 0 Å². The summed E-state index contributed by atoms with van der Waals surface area (Å²) in [5, 5.41) is 1.20. The third-order valence-electron chi connectivity index (χ3n) is 3.06. The van der Waals surface area contributed by atoms with Gasteiger partial charge in [0.15, 0.2) is 0 Å². The Morgan fingerprint density at radius 3 is 2.38 bits per heavy atom. The molecule has 0 fully saturated rings. The van der Waals surface area contributed by atoms with E-state index in [4.69, 9.17) is 5.73 Å². The summed E-state index contributed by atoms with van der Waals surface area (Å²) in [6, 6.07) is 8.57. The van der Waals surface area contributed by atoms with Crippen LogP contribution in [0.25, 0.3) is 0 Å². The van der Waals surface area contributed by atoms with Crippen molar-refractivity contribution >= 4 is 22.4 Å². The average molecular weight is 231 g/mol. The van der Waals surface area contributed by atoms with Gasteiger partial charge in [-0.05, 0) is 29.6 Å². The van der Waals surface area contributed by atoms with Crippen molar-refractivity contribution in [1.29, 1.82) is 0 Å². The van der Waals surface area contributed by atoms with Crippen molar-refractivity contribution in [2.45, 2.75) is 20.0 Å². The van der Waals surface area contributed by atoms with E-state index in [1.54, 1.807) is 0 Å². The molecule has 0 saturated heterocycles. The molecule has 1 aliphatic rings. The predicted octanol–water partition coefficient (Wildman–Crippen LogP) is 2.55. The molecular formula is C12H13N3S. The van der Waals surface area contributed by atoms with Gasteiger partial charge in [-0.2, -0.15) is 4.37 Å². The fraction of sp³-hybridized carbons (Fsp3) is 0.250. The van der Waals surface area contributed by atoms with Crippen LogP contribution in [0.4, 0.5) is 10.8 Å². The monoisotopic (exact) mass is 231 g/mol. The van der Waals surface area contributed by atoms with Gasteiger partial charge in [0.1, 0.15) is 10.8 Å². The Bertz CT molecular complexity index is 508. The zero-order valence-electron chi connectivity index (χ0n) is 9.10. The molecule has 3 nitrogen and oxygen atoms in total. The first-order valence-corrected chi connectivity index (χ1v) is 6.06. The highest BCUT2D eigenvalue weighted by atomic mass is 32.1. The minimum atomic E-state index is 0.663. The fourth-order valence-electron chi connectivity index (χ4n) is 2.11. The second kappa shape index (κ2) is 3.49. The lowest BCUT2D eigenvalue weighted by Gasteiger charge is -2.15. The summed E-state index contributed by atoms with van der Waals surface area (Å²) in [4.78, 5) is 2.34. The van der Waals surface area contributed by atoms with Gasteiger partial charge in [-0.25, -0.2) is 0 Å². The van der Waals surface area contributed by atoms with Crippen LogP contribution in [0.3, 0.4) is 0 Å². The molecule has 0 spiro atoms. The molecule has 0 saturated carbocycles. The Kier molecular flexibility index (Phi) is 2.11. The van der Waals surface area contributed by atoms with E-state index in [0.717, 1.165) is 18.7 Å². The summed E-state index contributed by atoms with van der Waals surface area (Å²) >= 11 is 1.49. The smallest absolute Gasteiger partial charge is 0.142 e. The molecule has 82 valence electrons. The van der Waals surface area contributed by atoms with Gasteiger partial charge in [0.05, 0.1) is 0 Å². The average Bonchev–Trinajstić information content (AvgIpc) is 2.84. The molecule has 0 aliphatic carbocycles. The summed E-state index contributed by atoms with van der Waals surface area (Å²) in [5.74, 6) is 0.663. The van der Waals surface area contributed by atoms with E-state index in [1.807, 2.05) is 6.92 Å². The maximum Gasteiger partial charge on any atom is 0.142 e. The summed E-state index contributed by atoms with van der Waals surface area (Å²) in [6.07, 6.45) is 0. The summed E-state index contributed by atoms with van der Waals surface area (Å²) < 4.78 is 4.20. The standard InChI is InChI=1S/C12H13N3S/c1-8-11(13)14-16-12(8)15-6-9-4-2-3-5-10(9)7-15/h2-5H,6-7H2,1H3,(H2,13,14). The summed E-state index contributed by atoms with van der Waals surface area (Å²) in [7, 11) is 0. The lowest BCUT2D eigenvalue weighted by atomic mass is 10.1. The van der Waals surface area contributed by atoms with Gasteiger partial charge >= 0.3 is 0 Å². The number of hydrogen-bond acceptors (Lipinski definition) is 4. The molecule has 1 aromatic carbocycles. The number of benzene rings is 1. The van der Waals surface area contributed by atoms with Crippen LogP contribution in [-0.2, 0) is 13.1 Å². The quantitative estimate of drug-likeness (QED) is 0.820. The van der Waals surface area contributed by atoms with Crippen molar-refractivity contribution in [3.8, 4) is 0 Å². The van der Waals surface area contributed by atoms with Crippen molar-refractivity contribution in [2.75, 3.05) is 10.6 Å². The molecule has 0 amide bonds. The third kappa shape index (κ3) is 1.38. The summed E-state index contributed by atoms with van der Waals surface area (Å²) in [6.45, 7) is 3.98. The van der Waals surface area contributed by atoms with Crippen molar-refractivity contribution in [1.82, 2.24) is 4.37 Å². The Morgan fingerprint density at radius 1 is 1.25 bits per heavy atom. The Labute approximate surface area is 98.7 Å². The van der Waals surface area contributed by atoms with Crippen LogP contribution in [0.1, 0.15) is 16.7 Å². The van der Waals surface area contributed by atoms with E-state index < -0.39 is 0 Å². The van der Waals surface area contributed by atoms with Crippen molar-refractivity contribution in [3.05, 3.63) is 41.0 Å². The molecule has 2 N–H and O–H groups in total. The van der Waals surface area contributed by atoms with E-state index in [9.17, 15) is 0 Å². The number of hydrogen-bond donors (Lipinski definition) is 1. The first-order chi connectivity index (χ1) is 7.75. The van der Waals surface area contributed by atoms with E-state index in [0.29, 0.717) is 5.82 Å². The number of rotatable bonds is 1. The number of fused-ring (bicyclic) bond motifs is 1. The predicted molar refractivity (Wildman–Crippen MR) is 67.6 cm³/mol. The molecule has 1 aromatic heterocycles. The van der Waals surface area contributed by atoms with Gasteiger partial charge in [0.25, 0.3) is 0 Å². The Balaban J connectivity index is 1.94. The van der Waals surface area contributed by atoms with Crippen molar-refractivity contribution in [2.24, 2.45) is 0 Å². The molecule has 0 bridgehead atoms. The lowest BCUT2D eigenvalue weighted by Crippen LogP contribution is -2.13. The molecule has 2 aromatic rings. The second-order valence-electron chi connectivity index (χ2n) is 4.12. The lowest BCUT2D eigenvalue weighted by molar-refractivity contribution is 0.888. The van der Waals surface area contributed by atoms with E-state index in [1.165, 1.54) is 27.7 Å². The van der Waals surface area contributed by atoms with E-state index >= 15 is 0 Å². The SMILES string of the molecule is Cc1c(N)nsc1N1Cc2ccccc2C1. The first-order valence-electron chi connectivity index (χ1n) is 5.29. The molecule has 0 radical (unpaired) electrons. The molecule has 0 unspecified atom stereocenters. The third-order valence-corrected chi connectivity index (χ3v) is 4.09. The number of nitrogen functional groups attached to an aromatic ring is 1. The van der Waals surface area contributed by atoms with Crippen LogP contribution in [0.5, 0.6) is 0 Å². The fourth-order valence-corrected chi connectivity index (χ4v) is 2.92. The maximum atomic E-state index is 5.79. The van der Waals surface area contributed by atoms with Crippen molar-refractivity contribution < 1.29 is 0 Å². The number of nitrogens with zero attached hydrogens (tertiary/aromatic N) is 2. The number of nitrogens with two attached hydrogens (primary N) is 1. The van der Waals surface area contributed by atoms with Gasteiger partial charge in [-0.1, -0.05) is 24.3 Å². The van der Waals surface area contributed by atoms with E-state index in [2.05, 4.69) is 33.5 Å². The van der Waals surface area contributed by atoms with Crippen LogP contribution >= 0.6 is 11.5 Å². The maximum absolute atomic E-state index is 5.79. The summed E-state index contributed by atoms with van der Waals surface area (Å²) in [5.41, 5.74) is 9.72. The largest absolute Gasteiger partial charge is 0.383 e. The van der Waals surface area contributed by atoms with Crippen LogP contribution < -0.4 is 10.6 Å². The highest BCUT2D eigenvalue weighted by Crippen LogP contribution is 2.35. The molecule has 3 rings (SSSR count). The topological polar surface area (TPSA) is 42.1 Å². The molecule has 2 heterocycles. The van der Waals surface area contributed by atoms with E-state index in [-0.39, 0.29) is 0 Å². The Hall–Kier alpha value is -1.55. The van der Waals surface area contributed by atoms with Crippen LogP contribution in [0.2, 0.25) is 0 Å². The zero-order valence-corrected chi connectivity index (χ0v) is 9.92. The minimum absolute atomic E-state index is 0.663. The normalized spacial score (nSPS) is 14.2. The highest BCUT2D eigenvalue weighted by molar-refractivity contribution is 7.10. The minimum Gasteiger partial charge on any atom is -0.383 e. The Morgan fingerprint density at radius 2 is 1.88 bits per heavy atom. The molecule has 4 heteroatoms. The van der Waals surface area contributed by atoms with Gasteiger partial charge in [-0.15, -0.1) is 0 Å².